The Bertz CT molecular complexity index is 1340. The molecule has 3 aromatic rings. The molecule has 10 heteroatoms. The Morgan fingerprint density at radius 1 is 1.00 bits per heavy atom. The van der Waals surface area contributed by atoms with Gasteiger partial charge in [0.15, 0.2) is 0 Å². The highest BCUT2D eigenvalue weighted by Crippen LogP contribution is 2.25. The lowest BCUT2D eigenvalue weighted by molar-refractivity contribution is -0.384. The molecule has 0 aliphatic carbocycles. The van der Waals surface area contributed by atoms with E-state index in [-0.39, 0.29) is 23.6 Å². The number of carbonyl (C=O) groups is 3. The molecule has 0 spiro atoms. The van der Waals surface area contributed by atoms with E-state index in [4.69, 9.17) is 16.3 Å². The van der Waals surface area contributed by atoms with Crippen LogP contribution in [0.3, 0.4) is 0 Å². The highest BCUT2D eigenvalue weighted by Gasteiger charge is 2.36. The average Bonchev–Trinajstić information content (AvgIpc) is 2.81. The molecule has 1 saturated heterocycles. The van der Waals surface area contributed by atoms with E-state index < -0.39 is 22.8 Å². The second kappa shape index (κ2) is 9.55. The molecule has 0 bridgehead atoms. The van der Waals surface area contributed by atoms with Crippen LogP contribution in [0.4, 0.5) is 16.2 Å². The van der Waals surface area contributed by atoms with Crippen molar-refractivity contribution in [2.75, 3.05) is 4.90 Å². The smallest absolute Gasteiger partial charge is 0.335 e. The molecule has 0 radical (unpaired) electrons. The molecule has 0 unspecified atom stereocenters. The Balaban J connectivity index is 1.54. The molecule has 9 nitrogen and oxygen atoms in total. The van der Waals surface area contributed by atoms with E-state index in [1.165, 1.54) is 30.3 Å². The van der Waals surface area contributed by atoms with Crippen molar-refractivity contribution in [2.45, 2.75) is 6.61 Å². The second-order valence-corrected chi connectivity index (χ2v) is 7.66. The van der Waals surface area contributed by atoms with E-state index in [0.717, 1.165) is 10.5 Å². The number of ether oxygens (including phenoxy) is 1. The number of anilines is 1. The second-order valence-electron chi connectivity index (χ2n) is 7.22. The van der Waals surface area contributed by atoms with Crippen LogP contribution in [-0.2, 0) is 16.2 Å². The molecule has 4 amide bonds. The van der Waals surface area contributed by atoms with Crippen LogP contribution >= 0.6 is 11.6 Å². The number of nitro benzene ring substituents is 1. The van der Waals surface area contributed by atoms with Crippen LogP contribution in [-0.4, -0.2) is 22.8 Å². The van der Waals surface area contributed by atoms with Crippen LogP contribution in [0.25, 0.3) is 6.08 Å². The predicted molar refractivity (Wildman–Crippen MR) is 124 cm³/mol. The zero-order valence-corrected chi connectivity index (χ0v) is 18.2. The van der Waals surface area contributed by atoms with Gasteiger partial charge >= 0.3 is 6.03 Å². The predicted octanol–water partition coefficient (Wildman–Crippen LogP) is 4.49. The number of rotatable bonds is 6. The van der Waals surface area contributed by atoms with Gasteiger partial charge in [-0.05, 0) is 59.7 Å². The molecule has 1 fully saturated rings. The molecule has 3 aromatic carbocycles. The van der Waals surface area contributed by atoms with Crippen LogP contribution < -0.4 is 15.0 Å². The molecule has 4 rings (SSSR count). The minimum Gasteiger partial charge on any atom is -0.489 e. The van der Waals surface area contributed by atoms with Gasteiger partial charge in [-0.1, -0.05) is 29.8 Å². The molecule has 0 atom stereocenters. The van der Waals surface area contributed by atoms with Gasteiger partial charge in [0.25, 0.3) is 17.5 Å². The minimum absolute atomic E-state index is 0.0157. The van der Waals surface area contributed by atoms with Crippen molar-refractivity contribution in [3.63, 3.8) is 0 Å². The van der Waals surface area contributed by atoms with Gasteiger partial charge in [-0.2, -0.15) is 0 Å². The SMILES string of the molecule is O=C1NC(=O)N(c2cccc(Cl)c2)C(=O)/C1=C\c1cccc(OCc2ccc([N+](=O)[O-])cc2)c1. The van der Waals surface area contributed by atoms with E-state index in [0.29, 0.717) is 16.3 Å². The maximum atomic E-state index is 13.0. The summed E-state index contributed by atoms with van der Waals surface area (Å²) in [6.07, 6.45) is 1.36. The lowest BCUT2D eigenvalue weighted by atomic mass is 10.1. The van der Waals surface area contributed by atoms with Crippen LogP contribution in [0.15, 0.2) is 78.4 Å². The number of halogens is 1. The van der Waals surface area contributed by atoms with Gasteiger partial charge in [-0.3, -0.25) is 25.0 Å². The number of hydrogen-bond donors (Lipinski definition) is 1. The third kappa shape index (κ3) is 4.94. The Hall–Kier alpha value is -4.50. The third-order valence-corrected chi connectivity index (χ3v) is 5.12. The highest BCUT2D eigenvalue weighted by molar-refractivity contribution is 6.39. The maximum Gasteiger partial charge on any atom is 0.335 e. The van der Waals surface area contributed by atoms with Gasteiger partial charge in [0, 0.05) is 17.2 Å². The van der Waals surface area contributed by atoms with Crippen molar-refractivity contribution in [3.05, 3.63) is 105 Å². The van der Waals surface area contributed by atoms with Crippen molar-refractivity contribution in [3.8, 4) is 5.75 Å². The normalized spacial score (nSPS) is 14.8. The first-order chi connectivity index (χ1) is 16.3. The summed E-state index contributed by atoms with van der Waals surface area (Å²) in [5, 5.41) is 13.3. The minimum atomic E-state index is -0.866. The number of non-ortho nitro benzene ring substituents is 1. The van der Waals surface area contributed by atoms with Crippen molar-refractivity contribution < 1.29 is 24.0 Å². The Morgan fingerprint density at radius 2 is 1.74 bits per heavy atom. The fourth-order valence-electron chi connectivity index (χ4n) is 3.25. The molecule has 170 valence electrons. The van der Waals surface area contributed by atoms with Gasteiger partial charge in [-0.25, -0.2) is 9.69 Å². The van der Waals surface area contributed by atoms with E-state index in [2.05, 4.69) is 5.32 Å². The van der Waals surface area contributed by atoms with Crippen molar-refractivity contribution in [1.29, 1.82) is 0 Å². The lowest BCUT2D eigenvalue weighted by Gasteiger charge is -2.26. The Morgan fingerprint density at radius 3 is 2.44 bits per heavy atom. The number of hydrogen-bond acceptors (Lipinski definition) is 6. The fourth-order valence-corrected chi connectivity index (χ4v) is 3.43. The molecule has 0 saturated carbocycles. The zero-order valence-electron chi connectivity index (χ0n) is 17.4. The van der Waals surface area contributed by atoms with Gasteiger partial charge in [-0.15, -0.1) is 0 Å². The summed E-state index contributed by atoms with van der Waals surface area (Å²) < 4.78 is 5.73. The first kappa shape index (κ1) is 22.7. The topological polar surface area (TPSA) is 119 Å². The highest BCUT2D eigenvalue weighted by atomic mass is 35.5. The first-order valence-corrected chi connectivity index (χ1v) is 10.3. The summed E-state index contributed by atoms with van der Waals surface area (Å²) in [6.45, 7) is 0.161. The van der Waals surface area contributed by atoms with Crippen molar-refractivity contribution in [1.82, 2.24) is 5.32 Å². The zero-order chi connectivity index (χ0) is 24.2. The first-order valence-electron chi connectivity index (χ1n) is 9.95. The third-order valence-electron chi connectivity index (χ3n) is 4.89. The van der Waals surface area contributed by atoms with E-state index in [9.17, 15) is 24.5 Å². The molecule has 1 aliphatic heterocycles. The fraction of sp³-hybridized carbons (Fsp3) is 0.0417. The summed E-state index contributed by atoms with van der Waals surface area (Å²) in [5.41, 5.74) is 1.21. The number of imide groups is 2. The molecule has 34 heavy (non-hydrogen) atoms. The Labute approximate surface area is 198 Å². The van der Waals surface area contributed by atoms with Crippen LogP contribution in [0, 0.1) is 10.1 Å². The lowest BCUT2D eigenvalue weighted by Crippen LogP contribution is -2.54. The summed E-state index contributed by atoms with van der Waals surface area (Å²) in [7, 11) is 0. The van der Waals surface area contributed by atoms with Crippen molar-refractivity contribution in [2.24, 2.45) is 0 Å². The number of nitrogens with zero attached hydrogens (tertiary/aromatic N) is 2. The summed E-state index contributed by atoms with van der Waals surface area (Å²) in [5.74, 6) is -1.14. The molecular formula is C24H16ClN3O6. The van der Waals surface area contributed by atoms with Crippen molar-refractivity contribution >= 4 is 46.9 Å². The number of barbiturate groups is 1. The van der Waals surface area contributed by atoms with E-state index in [1.54, 1.807) is 48.5 Å². The summed E-state index contributed by atoms with van der Waals surface area (Å²) in [6, 6.07) is 17.9. The van der Waals surface area contributed by atoms with E-state index >= 15 is 0 Å². The summed E-state index contributed by atoms with van der Waals surface area (Å²) >= 11 is 5.97. The van der Waals surface area contributed by atoms with Crippen LogP contribution in [0.2, 0.25) is 5.02 Å². The average molecular weight is 478 g/mol. The molecule has 1 N–H and O–H groups in total. The van der Waals surface area contributed by atoms with Gasteiger partial charge < -0.3 is 4.74 Å². The molecule has 1 aliphatic rings. The summed E-state index contributed by atoms with van der Waals surface area (Å²) in [4.78, 5) is 48.8. The van der Waals surface area contributed by atoms with Crippen LogP contribution in [0.5, 0.6) is 5.75 Å². The number of benzene rings is 3. The number of nitrogens with one attached hydrogen (secondary N) is 1. The molecular weight excluding hydrogens is 462 g/mol. The van der Waals surface area contributed by atoms with Gasteiger partial charge in [0.2, 0.25) is 0 Å². The standard InChI is InChI=1S/C24H16ClN3O6/c25-17-4-2-5-19(13-17)27-23(30)21(22(29)26-24(27)31)12-16-3-1-6-20(11-16)34-14-15-7-9-18(10-8-15)28(32)33/h1-13H,14H2,(H,26,29,31)/b21-12-. The molecule has 0 aromatic heterocycles. The Kier molecular flexibility index (Phi) is 6.37. The number of carbonyl (C=O) groups excluding carboxylic acids is 3. The largest absolute Gasteiger partial charge is 0.489 e. The number of amides is 4. The monoisotopic (exact) mass is 477 g/mol. The number of nitro groups is 1. The molecule has 1 heterocycles. The quantitative estimate of drug-likeness (QED) is 0.242. The van der Waals surface area contributed by atoms with E-state index in [1.807, 2.05) is 0 Å². The maximum absolute atomic E-state index is 13.0. The van der Waals surface area contributed by atoms with Gasteiger partial charge in [0.05, 0.1) is 10.6 Å². The van der Waals surface area contributed by atoms with Crippen LogP contribution in [0.1, 0.15) is 11.1 Å². The van der Waals surface area contributed by atoms with Gasteiger partial charge in [0.1, 0.15) is 17.9 Å². The number of urea groups is 1.